The fourth-order valence-electron chi connectivity index (χ4n) is 1.25. The highest BCUT2D eigenvalue weighted by Gasteiger charge is 2.10. The molecule has 2 aromatic rings. The van der Waals surface area contributed by atoms with Crippen LogP contribution in [0.5, 0.6) is 5.75 Å². The van der Waals surface area contributed by atoms with Gasteiger partial charge in [-0.1, -0.05) is 11.6 Å². The zero-order valence-corrected chi connectivity index (χ0v) is 8.72. The number of halogens is 1. The topological polar surface area (TPSA) is 75.3 Å². The van der Waals surface area contributed by atoms with E-state index in [0.717, 1.165) is 0 Å². The van der Waals surface area contributed by atoms with Gasteiger partial charge in [0.2, 0.25) is 0 Å². The van der Waals surface area contributed by atoms with Crippen LogP contribution >= 0.6 is 11.6 Å². The van der Waals surface area contributed by atoms with Crippen molar-refractivity contribution in [1.29, 1.82) is 0 Å². The summed E-state index contributed by atoms with van der Waals surface area (Å²) in [5.41, 5.74) is 0.374. The summed E-state index contributed by atoms with van der Waals surface area (Å²) in [5, 5.41) is 22.6. The highest BCUT2D eigenvalue weighted by molar-refractivity contribution is 6.30. The maximum atomic E-state index is 10.7. The number of nitrogens with zero attached hydrogens (tertiary/aromatic N) is 2. The van der Waals surface area contributed by atoms with Crippen LogP contribution in [0.15, 0.2) is 30.6 Å². The summed E-state index contributed by atoms with van der Waals surface area (Å²) in [6.45, 7) is 0. The van der Waals surface area contributed by atoms with E-state index in [2.05, 4.69) is 5.10 Å². The first-order chi connectivity index (χ1) is 7.58. The molecule has 2 N–H and O–H groups in total. The molecule has 0 atom stereocenters. The summed E-state index contributed by atoms with van der Waals surface area (Å²) in [6.07, 6.45) is 2.50. The van der Waals surface area contributed by atoms with Crippen LogP contribution in [0.1, 0.15) is 10.4 Å². The van der Waals surface area contributed by atoms with Gasteiger partial charge in [-0.2, -0.15) is 5.10 Å². The second kappa shape index (κ2) is 3.86. The number of rotatable bonds is 2. The van der Waals surface area contributed by atoms with Crippen molar-refractivity contribution < 1.29 is 15.0 Å². The molecule has 5 nitrogen and oxygen atoms in total. The molecule has 1 aromatic carbocycles. The van der Waals surface area contributed by atoms with Crippen molar-refractivity contribution >= 4 is 17.6 Å². The SMILES string of the molecule is O=C(O)c1cnn(-c2cc(Cl)ccc2O)c1. The molecule has 82 valence electrons. The number of aromatic hydroxyl groups is 1. The number of phenolic OH excluding ortho intramolecular Hbond substituents is 1. The molecule has 0 amide bonds. The molecule has 0 fully saturated rings. The summed E-state index contributed by atoms with van der Waals surface area (Å²) >= 11 is 5.77. The maximum absolute atomic E-state index is 10.7. The third kappa shape index (κ3) is 1.85. The van der Waals surface area contributed by atoms with Crippen LogP contribution in [-0.2, 0) is 0 Å². The number of carboxylic acid groups (broad SMARTS) is 1. The van der Waals surface area contributed by atoms with Crippen molar-refractivity contribution in [3.63, 3.8) is 0 Å². The number of aromatic nitrogens is 2. The molecular formula is C10H7ClN2O3. The van der Waals surface area contributed by atoms with Gasteiger partial charge in [0.1, 0.15) is 11.4 Å². The smallest absolute Gasteiger partial charge is 0.338 e. The van der Waals surface area contributed by atoms with E-state index in [9.17, 15) is 9.90 Å². The molecule has 0 radical (unpaired) electrons. The van der Waals surface area contributed by atoms with Crippen molar-refractivity contribution in [2.75, 3.05) is 0 Å². The van der Waals surface area contributed by atoms with Crippen LogP contribution in [0.4, 0.5) is 0 Å². The fourth-order valence-corrected chi connectivity index (χ4v) is 1.41. The lowest BCUT2D eigenvalue weighted by Gasteiger charge is -2.04. The van der Waals surface area contributed by atoms with E-state index in [4.69, 9.17) is 16.7 Å². The Balaban J connectivity index is 2.50. The summed E-state index contributed by atoms with van der Waals surface area (Å²) in [6, 6.07) is 4.44. The summed E-state index contributed by atoms with van der Waals surface area (Å²) in [5.74, 6) is -1.10. The lowest BCUT2D eigenvalue weighted by Crippen LogP contribution is -1.96. The minimum Gasteiger partial charge on any atom is -0.506 e. The standard InChI is InChI=1S/C10H7ClN2O3/c11-7-1-2-9(14)8(3-7)13-5-6(4-12-13)10(15)16/h1-5,14H,(H,15,16). The van der Waals surface area contributed by atoms with E-state index < -0.39 is 5.97 Å². The van der Waals surface area contributed by atoms with Gasteiger partial charge in [-0.3, -0.25) is 0 Å². The zero-order chi connectivity index (χ0) is 11.7. The average Bonchev–Trinajstić information content (AvgIpc) is 2.70. The Morgan fingerprint density at radius 2 is 2.19 bits per heavy atom. The van der Waals surface area contributed by atoms with Crippen molar-refractivity contribution in [3.05, 3.63) is 41.2 Å². The molecule has 0 saturated carbocycles. The molecular weight excluding hydrogens is 232 g/mol. The van der Waals surface area contributed by atoms with Gasteiger partial charge in [-0.05, 0) is 18.2 Å². The zero-order valence-electron chi connectivity index (χ0n) is 7.96. The monoisotopic (exact) mass is 238 g/mol. The molecule has 1 heterocycles. The van der Waals surface area contributed by atoms with Gasteiger partial charge in [0.25, 0.3) is 0 Å². The molecule has 0 unspecified atom stereocenters. The third-order valence-electron chi connectivity index (χ3n) is 2.01. The van der Waals surface area contributed by atoms with E-state index >= 15 is 0 Å². The fraction of sp³-hybridized carbons (Fsp3) is 0. The molecule has 0 aliphatic heterocycles. The molecule has 0 aliphatic carbocycles. The van der Waals surface area contributed by atoms with Crippen LogP contribution < -0.4 is 0 Å². The normalized spacial score (nSPS) is 10.3. The van der Waals surface area contributed by atoms with Crippen LogP contribution in [0.3, 0.4) is 0 Å². The molecule has 6 heteroatoms. The number of hydrogen-bond acceptors (Lipinski definition) is 3. The first-order valence-corrected chi connectivity index (χ1v) is 4.72. The Bertz CT molecular complexity index is 551. The van der Waals surface area contributed by atoms with Gasteiger partial charge in [-0.25, -0.2) is 9.48 Å². The molecule has 0 spiro atoms. The number of hydrogen-bond donors (Lipinski definition) is 2. The Morgan fingerprint density at radius 3 is 2.81 bits per heavy atom. The van der Waals surface area contributed by atoms with Gasteiger partial charge in [0.15, 0.2) is 0 Å². The predicted molar refractivity (Wildman–Crippen MR) is 57.2 cm³/mol. The van der Waals surface area contributed by atoms with Crippen LogP contribution in [0.25, 0.3) is 5.69 Å². The highest BCUT2D eigenvalue weighted by Crippen LogP contribution is 2.24. The lowest BCUT2D eigenvalue weighted by atomic mass is 10.3. The first-order valence-electron chi connectivity index (χ1n) is 4.35. The highest BCUT2D eigenvalue weighted by atomic mass is 35.5. The summed E-state index contributed by atoms with van der Waals surface area (Å²) < 4.78 is 1.25. The molecule has 0 aliphatic rings. The van der Waals surface area contributed by atoms with E-state index in [1.807, 2.05) is 0 Å². The third-order valence-corrected chi connectivity index (χ3v) is 2.25. The molecule has 0 saturated heterocycles. The van der Waals surface area contributed by atoms with E-state index in [-0.39, 0.29) is 11.3 Å². The average molecular weight is 239 g/mol. The first kappa shape index (κ1) is 10.5. The number of phenols is 1. The molecule has 0 bridgehead atoms. The number of carbonyl (C=O) groups is 1. The van der Waals surface area contributed by atoms with Gasteiger partial charge in [0.05, 0.1) is 11.8 Å². The van der Waals surface area contributed by atoms with Gasteiger partial charge >= 0.3 is 5.97 Å². The Kier molecular flexibility index (Phi) is 2.54. The largest absolute Gasteiger partial charge is 0.506 e. The van der Waals surface area contributed by atoms with E-state index in [0.29, 0.717) is 10.7 Å². The Hall–Kier alpha value is -2.01. The van der Waals surface area contributed by atoms with E-state index in [1.165, 1.54) is 35.3 Å². The lowest BCUT2D eigenvalue weighted by molar-refractivity contribution is 0.0697. The summed E-state index contributed by atoms with van der Waals surface area (Å²) in [7, 11) is 0. The number of aromatic carboxylic acids is 1. The predicted octanol–water partition coefficient (Wildman–Crippen LogP) is 1.93. The van der Waals surface area contributed by atoms with Crippen LogP contribution in [-0.4, -0.2) is 26.0 Å². The van der Waals surface area contributed by atoms with E-state index in [1.54, 1.807) is 0 Å². The van der Waals surface area contributed by atoms with Crippen LogP contribution in [0.2, 0.25) is 5.02 Å². The second-order valence-corrected chi connectivity index (χ2v) is 3.55. The number of benzene rings is 1. The Labute approximate surface area is 95.5 Å². The summed E-state index contributed by atoms with van der Waals surface area (Å²) in [4.78, 5) is 10.7. The quantitative estimate of drug-likeness (QED) is 0.838. The van der Waals surface area contributed by atoms with Gasteiger partial charge in [-0.15, -0.1) is 0 Å². The maximum Gasteiger partial charge on any atom is 0.338 e. The minimum atomic E-state index is -1.08. The molecule has 1 aromatic heterocycles. The molecule has 2 rings (SSSR count). The van der Waals surface area contributed by atoms with Crippen LogP contribution in [0, 0.1) is 0 Å². The Morgan fingerprint density at radius 1 is 1.44 bits per heavy atom. The van der Waals surface area contributed by atoms with Crippen molar-refractivity contribution in [1.82, 2.24) is 9.78 Å². The minimum absolute atomic E-state index is 0.0237. The van der Waals surface area contributed by atoms with Crippen molar-refractivity contribution in [2.45, 2.75) is 0 Å². The van der Waals surface area contributed by atoms with Crippen molar-refractivity contribution in [3.8, 4) is 11.4 Å². The number of carboxylic acids is 1. The van der Waals surface area contributed by atoms with Gasteiger partial charge in [0, 0.05) is 11.2 Å². The molecule has 16 heavy (non-hydrogen) atoms. The van der Waals surface area contributed by atoms with Gasteiger partial charge < -0.3 is 10.2 Å². The van der Waals surface area contributed by atoms with Crippen molar-refractivity contribution in [2.24, 2.45) is 0 Å². The second-order valence-electron chi connectivity index (χ2n) is 3.11.